The Morgan fingerprint density at radius 3 is 2.61 bits per heavy atom. The summed E-state index contributed by atoms with van der Waals surface area (Å²) >= 11 is 3.45. The van der Waals surface area contributed by atoms with E-state index in [1.54, 1.807) is 0 Å². The van der Waals surface area contributed by atoms with E-state index < -0.39 is 0 Å². The van der Waals surface area contributed by atoms with Crippen LogP contribution in [-0.4, -0.2) is 12.5 Å². The van der Waals surface area contributed by atoms with Gasteiger partial charge in [0.2, 0.25) is 0 Å². The quantitative estimate of drug-likeness (QED) is 0.897. The van der Waals surface area contributed by atoms with E-state index in [0.29, 0.717) is 11.3 Å². The Labute approximate surface area is 117 Å². The molecule has 0 heterocycles. The summed E-state index contributed by atoms with van der Waals surface area (Å²) in [5.41, 5.74) is 2.23. The molecule has 0 spiro atoms. The minimum atomic E-state index is 0.0220. The average Bonchev–Trinajstić information content (AvgIpc) is 3.07. The Kier molecular flexibility index (Phi) is 3.81. The molecule has 98 valence electrons. The molecular formula is C15H20BrNO. The molecule has 1 aliphatic carbocycles. The summed E-state index contributed by atoms with van der Waals surface area (Å²) in [5.74, 6) is 0.660. The van der Waals surface area contributed by atoms with E-state index >= 15 is 0 Å². The van der Waals surface area contributed by atoms with Crippen LogP contribution in [0.4, 0.5) is 0 Å². The molecule has 1 aromatic carbocycles. The van der Waals surface area contributed by atoms with Crippen molar-refractivity contribution in [1.82, 2.24) is 5.32 Å². The number of carbonyl (C=O) groups excluding carboxylic acids is 1. The van der Waals surface area contributed by atoms with Crippen molar-refractivity contribution in [3.05, 3.63) is 33.8 Å². The number of hydrogen-bond acceptors (Lipinski definition) is 1. The van der Waals surface area contributed by atoms with E-state index in [1.807, 2.05) is 25.1 Å². The van der Waals surface area contributed by atoms with Crippen molar-refractivity contribution in [2.45, 2.75) is 33.6 Å². The van der Waals surface area contributed by atoms with E-state index in [0.717, 1.165) is 22.1 Å². The molecule has 18 heavy (non-hydrogen) atoms. The first-order chi connectivity index (χ1) is 8.44. The van der Waals surface area contributed by atoms with Crippen LogP contribution in [0.25, 0.3) is 0 Å². The number of benzene rings is 1. The standard InChI is InChI=1S/C15H20BrNO/c1-10(2)15(6-7-15)9-17-14(18)12-5-4-11(3)8-13(12)16/h4-5,8,10H,6-7,9H2,1-3H3,(H,17,18). The number of amides is 1. The number of halogens is 1. The van der Waals surface area contributed by atoms with Crippen molar-refractivity contribution in [2.24, 2.45) is 11.3 Å². The summed E-state index contributed by atoms with van der Waals surface area (Å²) in [6.07, 6.45) is 2.47. The summed E-state index contributed by atoms with van der Waals surface area (Å²) in [4.78, 5) is 12.1. The van der Waals surface area contributed by atoms with Crippen LogP contribution in [-0.2, 0) is 0 Å². The fraction of sp³-hybridized carbons (Fsp3) is 0.533. The van der Waals surface area contributed by atoms with Crippen LogP contribution >= 0.6 is 15.9 Å². The van der Waals surface area contributed by atoms with Crippen LogP contribution in [0.1, 0.15) is 42.6 Å². The third-order valence-corrected chi connectivity index (χ3v) is 4.74. The maximum Gasteiger partial charge on any atom is 0.252 e. The highest BCUT2D eigenvalue weighted by Crippen LogP contribution is 2.51. The van der Waals surface area contributed by atoms with Gasteiger partial charge >= 0.3 is 0 Å². The SMILES string of the molecule is Cc1ccc(C(=O)NCC2(C(C)C)CC2)c(Br)c1. The van der Waals surface area contributed by atoms with Gasteiger partial charge in [0.1, 0.15) is 0 Å². The molecular weight excluding hydrogens is 290 g/mol. The molecule has 0 radical (unpaired) electrons. The van der Waals surface area contributed by atoms with Gasteiger partial charge in [-0.15, -0.1) is 0 Å². The van der Waals surface area contributed by atoms with Crippen molar-refractivity contribution in [2.75, 3.05) is 6.54 Å². The summed E-state index contributed by atoms with van der Waals surface area (Å²) in [6, 6.07) is 5.82. The van der Waals surface area contributed by atoms with Crippen molar-refractivity contribution in [3.63, 3.8) is 0 Å². The molecule has 2 nitrogen and oxygen atoms in total. The second-order valence-corrected chi connectivity index (χ2v) is 6.54. The van der Waals surface area contributed by atoms with E-state index in [-0.39, 0.29) is 5.91 Å². The van der Waals surface area contributed by atoms with Crippen molar-refractivity contribution in [3.8, 4) is 0 Å². The maximum absolute atomic E-state index is 12.1. The third kappa shape index (κ3) is 2.77. The number of rotatable bonds is 4. The first kappa shape index (κ1) is 13.6. The first-order valence-corrected chi connectivity index (χ1v) is 7.28. The van der Waals surface area contributed by atoms with E-state index in [9.17, 15) is 4.79 Å². The monoisotopic (exact) mass is 309 g/mol. The average molecular weight is 310 g/mol. The Morgan fingerprint density at radius 1 is 1.44 bits per heavy atom. The fourth-order valence-electron chi connectivity index (χ4n) is 2.27. The van der Waals surface area contributed by atoms with E-state index in [4.69, 9.17) is 0 Å². The lowest BCUT2D eigenvalue weighted by Gasteiger charge is -2.20. The lowest BCUT2D eigenvalue weighted by Crippen LogP contribution is -2.32. The topological polar surface area (TPSA) is 29.1 Å². The molecule has 1 aromatic rings. The van der Waals surface area contributed by atoms with Gasteiger partial charge in [-0.25, -0.2) is 0 Å². The van der Waals surface area contributed by atoms with E-state index in [2.05, 4.69) is 35.1 Å². The molecule has 0 atom stereocenters. The van der Waals surface area contributed by atoms with Gasteiger partial charge in [0, 0.05) is 11.0 Å². The van der Waals surface area contributed by atoms with Crippen LogP contribution < -0.4 is 5.32 Å². The molecule has 1 saturated carbocycles. The Hall–Kier alpha value is -0.830. The molecule has 1 fully saturated rings. The molecule has 0 bridgehead atoms. The van der Waals surface area contributed by atoms with Crippen LogP contribution in [0.2, 0.25) is 0 Å². The van der Waals surface area contributed by atoms with Crippen LogP contribution in [0.15, 0.2) is 22.7 Å². The molecule has 1 aliphatic rings. The lowest BCUT2D eigenvalue weighted by molar-refractivity contribution is 0.0939. The molecule has 0 aromatic heterocycles. The number of carbonyl (C=O) groups is 1. The highest BCUT2D eigenvalue weighted by molar-refractivity contribution is 9.10. The second kappa shape index (κ2) is 5.04. The molecule has 0 unspecified atom stereocenters. The second-order valence-electron chi connectivity index (χ2n) is 5.68. The number of aryl methyl sites for hydroxylation is 1. The summed E-state index contributed by atoms with van der Waals surface area (Å²) in [5, 5.41) is 3.07. The maximum atomic E-state index is 12.1. The number of nitrogens with one attached hydrogen (secondary N) is 1. The van der Waals surface area contributed by atoms with Gasteiger partial charge in [-0.05, 0) is 64.7 Å². The van der Waals surface area contributed by atoms with Gasteiger partial charge in [-0.2, -0.15) is 0 Å². The van der Waals surface area contributed by atoms with Crippen LogP contribution in [0.5, 0.6) is 0 Å². The normalized spacial score (nSPS) is 16.7. The Balaban J connectivity index is 2.00. The van der Waals surface area contributed by atoms with Gasteiger partial charge < -0.3 is 5.32 Å². The number of hydrogen-bond donors (Lipinski definition) is 1. The molecule has 0 aliphatic heterocycles. The van der Waals surface area contributed by atoms with Gasteiger partial charge in [-0.1, -0.05) is 19.9 Å². The lowest BCUT2D eigenvalue weighted by atomic mass is 9.92. The zero-order valence-corrected chi connectivity index (χ0v) is 12.8. The fourth-order valence-corrected chi connectivity index (χ4v) is 2.95. The Bertz CT molecular complexity index is 464. The van der Waals surface area contributed by atoms with Gasteiger partial charge in [0.25, 0.3) is 5.91 Å². The van der Waals surface area contributed by atoms with Crippen LogP contribution in [0.3, 0.4) is 0 Å². The highest BCUT2D eigenvalue weighted by Gasteiger charge is 2.45. The Morgan fingerprint density at radius 2 is 2.11 bits per heavy atom. The van der Waals surface area contributed by atoms with Gasteiger partial charge in [0.15, 0.2) is 0 Å². The molecule has 1 N–H and O–H groups in total. The van der Waals surface area contributed by atoms with Crippen molar-refractivity contribution < 1.29 is 4.79 Å². The zero-order chi connectivity index (χ0) is 13.3. The third-order valence-electron chi connectivity index (χ3n) is 4.09. The van der Waals surface area contributed by atoms with E-state index in [1.165, 1.54) is 12.8 Å². The van der Waals surface area contributed by atoms with Crippen LogP contribution in [0, 0.1) is 18.3 Å². The minimum Gasteiger partial charge on any atom is -0.351 e. The summed E-state index contributed by atoms with van der Waals surface area (Å²) in [6.45, 7) is 7.29. The van der Waals surface area contributed by atoms with Gasteiger partial charge in [0.05, 0.1) is 5.56 Å². The predicted octanol–water partition coefficient (Wildman–Crippen LogP) is 3.92. The van der Waals surface area contributed by atoms with Crippen molar-refractivity contribution in [1.29, 1.82) is 0 Å². The largest absolute Gasteiger partial charge is 0.351 e. The van der Waals surface area contributed by atoms with Gasteiger partial charge in [-0.3, -0.25) is 4.79 Å². The van der Waals surface area contributed by atoms with Crippen molar-refractivity contribution >= 4 is 21.8 Å². The highest BCUT2D eigenvalue weighted by atomic mass is 79.9. The summed E-state index contributed by atoms with van der Waals surface area (Å²) in [7, 11) is 0. The smallest absolute Gasteiger partial charge is 0.252 e. The molecule has 1 amide bonds. The zero-order valence-electron chi connectivity index (χ0n) is 11.2. The summed E-state index contributed by atoms with van der Waals surface area (Å²) < 4.78 is 0.870. The first-order valence-electron chi connectivity index (χ1n) is 6.49. The molecule has 2 rings (SSSR count). The molecule has 0 saturated heterocycles. The molecule has 3 heteroatoms. The minimum absolute atomic E-state index is 0.0220. The predicted molar refractivity (Wildman–Crippen MR) is 77.7 cm³/mol.